The first-order valence-electron chi connectivity index (χ1n) is 6.65. The Morgan fingerprint density at radius 1 is 1.33 bits per heavy atom. The molecule has 0 radical (unpaired) electrons. The van der Waals surface area contributed by atoms with Crippen molar-refractivity contribution in [2.24, 2.45) is 0 Å². The van der Waals surface area contributed by atoms with Crippen molar-refractivity contribution in [1.29, 1.82) is 5.26 Å². The molecule has 112 valence electrons. The number of para-hydroxylation sites is 1. The first-order valence-corrected chi connectivity index (χ1v) is 6.65. The van der Waals surface area contributed by atoms with Gasteiger partial charge in [-0.15, -0.1) is 0 Å². The molecule has 6 heteroatoms. The molecule has 21 heavy (non-hydrogen) atoms. The lowest BCUT2D eigenvalue weighted by atomic mass is 10.2. The molecule has 1 aromatic carbocycles. The number of carbonyl (C=O) groups is 2. The number of hydrogen-bond donors (Lipinski definition) is 1. The minimum Gasteiger partial charge on any atom is -0.481 e. The second-order valence-electron chi connectivity index (χ2n) is 4.74. The maximum atomic E-state index is 12.5. The second kappa shape index (κ2) is 7.90. The van der Waals surface area contributed by atoms with Crippen LogP contribution in [-0.4, -0.2) is 41.6 Å². The van der Waals surface area contributed by atoms with E-state index in [0.717, 1.165) is 0 Å². The maximum Gasteiger partial charge on any atom is 0.324 e. The van der Waals surface area contributed by atoms with Crippen molar-refractivity contribution in [3.05, 3.63) is 30.3 Å². The van der Waals surface area contributed by atoms with Gasteiger partial charge in [-0.2, -0.15) is 5.26 Å². The zero-order chi connectivity index (χ0) is 15.8. The Balaban J connectivity index is 2.93. The molecule has 1 unspecified atom stereocenters. The molecule has 0 aliphatic carbocycles. The zero-order valence-electron chi connectivity index (χ0n) is 12.2. The van der Waals surface area contributed by atoms with Gasteiger partial charge in [0.05, 0.1) is 18.9 Å². The molecule has 0 aliphatic rings. The first-order chi connectivity index (χ1) is 9.97. The monoisotopic (exact) mass is 289 g/mol. The summed E-state index contributed by atoms with van der Waals surface area (Å²) < 4.78 is 0. The summed E-state index contributed by atoms with van der Waals surface area (Å²) in [6.45, 7) is 1.86. The first kappa shape index (κ1) is 16.5. The van der Waals surface area contributed by atoms with E-state index in [2.05, 4.69) is 0 Å². The van der Waals surface area contributed by atoms with Gasteiger partial charge in [0.2, 0.25) is 0 Å². The predicted molar refractivity (Wildman–Crippen MR) is 78.9 cm³/mol. The van der Waals surface area contributed by atoms with Gasteiger partial charge in [-0.25, -0.2) is 4.79 Å². The normalized spacial score (nSPS) is 11.3. The summed E-state index contributed by atoms with van der Waals surface area (Å²) in [6, 6.07) is 10.4. The van der Waals surface area contributed by atoms with Crippen LogP contribution in [0.1, 0.15) is 19.8 Å². The number of amides is 2. The van der Waals surface area contributed by atoms with Crippen molar-refractivity contribution in [3.63, 3.8) is 0 Å². The lowest BCUT2D eigenvalue weighted by molar-refractivity contribution is -0.136. The molecule has 2 amide bonds. The number of benzene rings is 1. The average Bonchev–Trinajstić information content (AvgIpc) is 2.47. The van der Waals surface area contributed by atoms with Crippen LogP contribution in [0.5, 0.6) is 0 Å². The number of hydrogen-bond acceptors (Lipinski definition) is 3. The van der Waals surface area contributed by atoms with Crippen LogP contribution in [0.15, 0.2) is 30.3 Å². The summed E-state index contributed by atoms with van der Waals surface area (Å²) in [4.78, 5) is 26.2. The van der Waals surface area contributed by atoms with Crippen LogP contribution in [0.3, 0.4) is 0 Å². The third kappa shape index (κ3) is 4.80. The van der Waals surface area contributed by atoms with Crippen molar-refractivity contribution in [2.75, 3.05) is 18.5 Å². The van der Waals surface area contributed by atoms with Gasteiger partial charge in [-0.3, -0.25) is 9.69 Å². The fraction of sp³-hybridized carbons (Fsp3) is 0.400. The molecule has 0 spiro atoms. The molecule has 0 aliphatic heterocycles. The number of carbonyl (C=O) groups excluding carboxylic acids is 1. The molecule has 0 saturated heterocycles. The highest BCUT2D eigenvalue weighted by atomic mass is 16.4. The Morgan fingerprint density at radius 3 is 2.48 bits per heavy atom. The molecular formula is C15H19N3O3. The van der Waals surface area contributed by atoms with E-state index in [4.69, 9.17) is 10.4 Å². The summed E-state index contributed by atoms with van der Waals surface area (Å²) in [5.41, 5.74) is 0.639. The molecule has 0 fully saturated rings. The van der Waals surface area contributed by atoms with E-state index in [1.807, 2.05) is 12.1 Å². The summed E-state index contributed by atoms with van der Waals surface area (Å²) in [6.07, 6.45) is 0.0882. The number of carboxylic acid groups (broad SMARTS) is 1. The van der Waals surface area contributed by atoms with Gasteiger partial charge in [-0.1, -0.05) is 18.2 Å². The lowest BCUT2D eigenvalue weighted by Gasteiger charge is -2.31. The topological polar surface area (TPSA) is 84.6 Å². The van der Waals surface area contributed by atoms with E-state index in [1.165, 1.54) is 9.80 Å². The number of rotatable bonds is 6. The number of urea groups is 1. The molecule has 6 nitrogen and oxygen atoms in total. The maximum absolute atomic E-state index is 12.5. The molecule has 0 heterocycles. The smallest absolute Gasteiger partial charge is 0.324 e. The van der Waals surface area contributed by atoms with Gasteiger partial charge in [0.15, 0.2) is 0 Å². The number of aliphatic carboxylic acids is 1. The van der Waals surface area contributed by atoms with E-state index in [0.29, 0.717) is 5.69 Å². The SMILES string of the molecule is CC(CC#N)N(C)C(=O)N(CCC(=O)O)c1ccccc1. The Labute approximate surface area is 124 Å². The van der Waals surface area contributed by atoms with Crippen LogP contribution in [0.4, 0.5) is 10.5 Å². The van der Waals surface area contributed by atoms with Gasteiger partial charge in [0, 0.05) is 25.3 Å². The van der Waals surface area contributed by atoms with Crippen molar-refractivity contribution in [3.8, 4) is 6.07 Å². The predicted octanol–water partition coefficient (Wildman–Crippen LogP) is 2.32. The molecule has 1 N–H and O–H groups in total. The van der Waals surface area contributed by atoms with Gasteiger partial charge < -0.3 is 10.0 Å². The van der Waals surface area contributed by atoms with Crippen LogP contribution in [0.2, 0.25) is 0 Å². The Hall–Kier alpha value is -2.55. The standard InChI is InChI=1S/C15H19N3O3/c1-12(8-10-16)17(2)15(21)18(11-9-14(19)20)13-6-4-3-5-7-13/h3-7,12H,8-9,11H2,1-2H3,(H,19,20). The van der Waals surface area contributed by atoms with Crippen LogP contribution in [0, 0.1) is 11.3 Å². The van der Waals surface area contributed by atoms with Gasteiger partial charge in [0.25, 0.3) is 0 Å². The van der Waals surface area contributed by atoms with Crippen molar-refractivity contribution >= 4 is 17.7 Å². The molecule has 0 saturated carbocycles. The van der Waals surface area contributed by atoms with Crippen molar-refractivity contribution in [2.45, 2.75) is 25.8 Å². The summed E-state index contributed by atoms with van der Waals surface area (Å²) in [5.74, 6) is -0.962. The van der Waals surface area contributed by atoms with Gasteiger partial charge >= 0.3 is 12.0 Å². The summed E-state index contributed by atoms with van der Waals surface area (Å²) in [7, 11) is 1.61. The molecule has 0 bridgehead atoms. The third-order valence-corrected chi connectivity index (χ3v) is 3.20. The zero-order valence-corrected chi connectivity index (χ0v) is 12.2. The highest BCUT2D eigenvalue weighted by Gasteiger charge is 2.23. The van der Waals surface area contributed by atoms with Gasteiger partial charge in [0.1, 0.15) is 0 Å². The van der Waals surface area contributed by atoms with Gasteiger partial charge in [-0.05, 0) is 19.1 Å². The minimum atomic E-state index is -0.962. The minimum absolute atomic E-state index is 0.0851. The molecule has 0 aromatic heterocycles. The van der Waals surface area contributed by atoms with E-state index in [-0.39, 0.29) is 31.5 Å². The van der Waals surface area contributed by atoms with Crippen LogP contribution < -0.4 is 4.90 Å². The van der Waals surface area contributed by atoms with Crippen LogP contribution in [-0.2, 0) is 4.79 Å². The quantitative estimate of drug-likeness (QED) is 0.871. The Kier molecular flexibility index (Phi) is 6.21. The lowest BCUT2D eigenvalue weighted by Crippen LogP contribution is -2.46. The highest BCUT2D eigenvalue weighted by Crippen LogP contribution is 2.17. The molecule has 1 atom stereocenters. The largest absolute Gasteiger partial charge is 0.481 e. The van der Waals surface area contributed by atoms with Crippen molar-refractivity contribution < 1.29 is 14.7 Å². The average molecular weight is 289 g/mol. The fourth-order valence-corrected chi connectivity index (χ4v) is 1.80. The number of nitriles is 1. The fourth-order valence-electron chi connectivity index (χ4n) is 1.80. The molecular weight excluding hydrogens is 270 g/mol. The highest BCUT2D eigenvalue weighted by molar-refractivity contribution is 5.92. The van der Waals surface area contributed by atoms with E-state index in [1.54, 1.807) is 38.2 Å². The molecule has 1 aromatic rings. The Bertz CT molecular complexity index is 525. The van der Waals surface area contributed by atoms with E-state index in [9.17, 15) is 9.59 Å². The summed E-state index contributed by atoms with van der Waals surface area (Å²) >= 11 is 0. The van der Waals surface area contributed by atoms with E-state index < -0.39 is 5.97 Å². The summed E-state index contributed by atoms with van der Waals surface area (Å²) in [5, 5.41) is 17.5. The van der Waals surface area contributed by atoms with Crippen LogP contribution in [0.25, 0.3) is 0 Å². The van der Waals surface area contributed by atoms with E-state index >= 15 is 0 Å². The molecule has 1 rings (SSSR count). The second-order valence-corrected chi connectivity index (χ2v) is 4.74. The Morgan fingerprint density at radius 2 is 1.95 bits per heavy atom. The number of carboxylic acids is 1. The van der Waals surface area contributed by atoms with Crippen molar-refractivity contribution in [1.82, 2.24) is 4.90 Å². The number of nitrogens with zero attached hydrogens (tertiary/aromatic N) is 3. The van der Waals surface area contributed by atoms with Crippen LogP contribution >= 0.6 is 0 Å². The third-order valence-electron chi connectivity index (χ3n) is 3.20. The number of anilines is 1.